The van der Waals surface area contributed by atoms with Crippen molar-refractivity contribution < 1.29 is 0 Å². The molecule has 1 aromatic heterocycles. The molecule has 1 atom stereocenters. The predicted molar refractivity (Wildman–Crippen MR) is 74.3 cm³/mol. The van der Waals surface area contributed by atoms with Crippen molar-refractivity contribution in [1.29, 1.82) is 0 Å². The van der Waals surface area contributed by atoms with Crippen LogP contribution in [0.4, 0.5) is 5.82 Å². The Bertz CT molecular complexity index is 357. The molecule has 0 fully saturated rings. The van der Waals surface area contributed by atoms with Gasteiger partial charge in [-0.05, 0) is 54.2 Å². The van der Waals surface area contributed by atoms with Crippen molar-refractivity contribution in [2.75, 3.05) is 11.2 Å². The fourth-order valence-corrected chi connectivity index (χ4v) is 2.43. The number of pyridine rings is 1. The van der Waals surface area contributed by atoms with E-state index in [0.29, 0.717) is 5.88 Å². The number of hydrogen-bond acceptors (Lipinski definition) is 2. The summed E-state index contributed by atoms with van der Waals surface area (Å²) in [6, 6.07) is 2.06. The first-order chi connectivity index (χ1) is 7.50. The molecule has 0 amide bonds. The zero-order valence-corrected chi connectivity index (χ0v) is 12.3. The summed E-state index contributed by atoms with van der Waals surface area (Å²) in [6.07, 6.45) is 3.80. The maximum atomic E-state index is 5.82. The highest BCUT2D eigenvalue weighted by Gasteiger charge is 2.22. The van der Waals surface area contributed by atoms with Crippen LogP contribution in [0.15, 0.2) is 16.7 Å². The Morgan fingerprint density at radius 1 is 1.56 bits per heavy atom. The molecule has 0 spiro atoms. The third-order valence-electron chi connectivity index (χ3n) is 2.82. The first-order valence-electron chi connectivity index (χ1n) is 5.47. The van der Waals surface area contributed by atoms with Gasteiger partial charge in [-0.1, -0.05) is 6.92 Å². The second kappa shape index (κ2) is 5.87. The van der Waals surface area contributed by atoms with E-state index in [1.165, 1.54) is 0 Å². The lowest BCUT2D eigenvalue weighted by Gasteiger charge is -2.30. The van der Waals surface area contributed by atoms with Crippen molar-refractivity contribution in [2.24, 2.45) is 0 Å². The van der Waals surface area contributed by atoms with Gasteiger partial charge in [-0.15, -0.1) is 11.6 Å². The van der Waals surface area contributed by atoms with E-state index in [0.717, 1.165) is 28.7 Å². The Hall–Kier alpha value is -0.280. The van der Waals surface area contributed by atoms with Gasteiger partial charge in [0.05, 0.1) is 4.47 Å². The van der Waals surface area contributed by atoms with E-state index < -0.39 is 0 Å². The van der Waals surface area contributed by atoms with E-state index in [9.17, 15) is 0 Å². The van der Waals surface area contributed by atoms with Crippen LogP contribution in [-0.2, 0) is 0 Å². The van der Waals surface area contributed by atoms with Gasteiger partial charge in [-0.25, -0.2) is 4.98 Å². The van der Waals surface area contributed by atoms with Crippen LogP contribution in [0.5, 0.6) is 0 Å². The van der Waals surface area contributed by atoms with E-state index in [2.05, 4.69) is 46.1 Å². The van der Waals surface area contributed by atoms with Crippen LogP contribution >= 0.6 is 27.5 Å². The van der Waals surface area contributed by atoms with Gasteiger partial charge in [0.15, 0.2) is 0 Å². The molecule has 2 nitrogen and oxygen atoms in total. The lowest BCUT2D eigenvalue weighted by Crippen LogP contribution is -2.35. The molecule has 0 aromatic carbocycles. The molecule has 1 aromatic rings. The van der Waals surface area contributed by atoms with Crippen molar-refractivity contribution in [3.05, 3.63) is 22.3 Å². The standard InChI is InChI=1S/C12H18BrClN2/c1-4-12(3,5-6-14)16-11-10(13)7-9(2)8-15-11/h7-8H,4-6H2,1-3H3,(H,15,16). The number of rotatable bonds is 5. The normalized spacial score (nSPS) is 14.6. The first kappa shape index (κ1) is 13.8. The molecule has 0 radical (unpaired) electrons. The summed E-state index contributed by atoms with van der Waals surface area (Å²) in [5.41, 5.74) is 1.15. The van der Waals surface area contributed by atoms with E-state index in [1.54, 1.807) is 0 Å². The SMILES string of the molecule is CCC(C)(CCCl)Nc1ncc(C)cc1Br. The topological polar surface area (TPSA) is 24.9 Å². The smallest absolute Gasteiger partial charge is 0.140 e. The van der Waals surface area contributed by atoms with Gasteiger partial charge < -0.3 is 5.32 Å². The van der Waals surface area contributed by atoms with E-state index >= 15 is 0 Å². The van der Waals surface area contributed by atoms with Crippen molar-refractivity contribution in [3.63, 3.8) is 0 Å². The number of alkyl halides is 1. The van der Waals surface area contributed by atoms with Crippen LogP contribution in [0.2, 0.25) is 0 Å². The zero-order chi connectivity index (χ0) is 12.2. The Morgan fingerprint density at radius 3 is 2.75 bits per heavy atom. The maximum absolute atomic E-state index is 5.82. The number of aryl methyl sites for hydroxylation is 1. The molecule has 90 valence electrons. The average Bonchev–Trinajstić information content (AvgIpc) is 2.23. The van der Waals surface area contributed by atoms with E-state index in [1.807, 2.05) is 13.1 Å². The highest BCUT2D eigenvalue weighted by atomic mass is 79.9. The van der Waals surface area contributed by atoms with Gasteiger partial charge in [0.1, 0.15) is 5.82 Å². The molecule has 1 N–H and O–H groups in total. The van der Waals surface area contributed by atoms with Crippen molar-refractivity contribution in [2.45, 2.75) is 39.2 Å². The van der Waals surface area contributed by atoms with E-state index in [-0.39, 0.29) is 5.54 Å². The van der Waals surface area contributed by atoms with Crippen molar-refractivity contribution in [1.82, 2.24) is 4.98 Å². The quantitative estimate of drug-likeness (QED) is 0.818. The molecule has 1 heterocycles. The molecule has 16 heavy (non-hydrogen) atoms. The fraction of sp³-hybridized carbons (Fsp3) is 0.583. The molecule has 0 saturated heterocycles. The molecule has 1 unspecified atom stereocenters. The third kappa shape index (κ3) is 3.63. The minimum Gasteiger partial charge on any atom is -0.364 e. The lowest BCUT2D eigenvalue weighted by molar-refractivity contribution is 0.479. The minimum absolute atomic E-state index is 0.00648. The fourth-order valence-electron chi connectivity index (χ4n) is 1.45. The van der Waals surface area contributed by atoms with Gasteiger partial charge in [0, 0.05) is 17.6 Å². The third-order valence-corrected chi connectivity index (χ3v) is 3.62. The summed E-state index contributed by atoms with van der Waals surface area (Å²) in [7, 11) is 0. The van der Waals surface area contributed by atoms with Gasteiger partial charge in [-0.2, -0.15) is 0 Å². The molecule has 1 rings (SSSR count). The van der Waals surface area contributed by atoms with Crippen LogP contribution < -0.4 is 5.32 Å². The van der Waals surface area contributed by atoms with Gasteiger partial charge in [0.2, 0.25) is 0 Å². The maximum Gasteiger partial charge on any atom is 0.140 e. The second-order valence-corrected chi connectivity index (χ2v) is 5.55. The highest BCUT2D eigenvalue weighted by molar-refractivity contribution is 9.10. The van der Waals surface area contributed by atoms with Crippen LogP contribution in [-0.4, -0.2) is 16.4 Å². The molecular weight excluding hydrogens is 288 g/mol. The Labute approximate surface area is 111 Å². The van der Waals surface area contributed by atoms with Crippen molar-refractivity contribution >= 4 is 33.3 Å². The second-order valence-electron chi connectivity index (χ2n) is 4.32. The predicted octanol–water partition coefficient (Wildman–Crippen LogP) is 4.36. The molecule has 0 aliphatic carbocycles. The molecule has 0 bridgehead atoms. The molecule has 0 saturated carbocycles. The summed E-state index contributed by atoms with van der Waals surface area (Å²) in [6.45, 7) is 6.35. The van der Waals surface area contributed by atoms with Crippen LogP contribution in [0.3, 0.4) is 0 Å². The lowest BCUT2D eigenvalue weighted by atomic mass is 9.95. The number of halogens is 2. The van der Waals surface area contributed by atoms with Crippen LogP contribution in [0.1, 0.15) is 32.3 Å². The minimum atomic E-state index is 0.00648. The number of hydrogen-bond donors (Lipinski definition) is 1. The van der Waals surface area contributed by atoms with Crippen LogP contribution in [0.25, 0.3) is 0 Å². The summed E-state index contributed by atoms with van der Waals surface area (Å²) >= 11 is 9.35. The summed E-state index contributed by atoms with van der Waals surface area (Å²) in [5, 5.41) is 3.46. The van der Waals surface area contributed by atoms with Gasteiger partial charge >= 0.3 is 0 Å². The van der Waals surface area contributed by atoms with Crippen LogP contribution in [0, 0.1) is 6.92 Å². The Kier molecular flexibility index (Phi) is 5.06. The largest absolute Gasteiger partial charge is 0.364 e. The molecular formula is C12H18BrClN2. The van der Waals surface area contributed by atoms with Gasteiger partial charge in [-0.3, -0.25) is 0 Å². The molecule has 4 heteroatoms. The summed E-state index contributed by atoms with van der Waals surface area (Å²) in [5.74, 6) is 1.54. The molecule has 0 aliphatic rings. The van der Waals surface area contributed by atoms with Crippen molar-refractivity contribution in [3.8, 4) is 0 Å². The number of anilines is 1. The van der Waals surface area contributed by atoms with Gasteiger partial charge in [0.25, 0.3) is 0 Å². The zero-order valence-electron chi connectivity index (χ0n) is 9.98. The summed E-state index contributed by atoms with van der Waals surface area (Å²) < 4.78 is 1.00. The first-order valence-corrected chi connectivity index (χ1v) is 6.80. The number of nitrogens with zero attached hydrogens (tertiary/aromatic N) is 1. The van der Waals surface area contributed by atoms with E-state index in [4.69, 9.17) is 11.6 Å². The number of aromatic nitrogens is 1. The Balaban J connectivity index is 2.85. The summed E-state index contributed by atoms with van der Waals surface area (Å²) in [4.78, 5) is 4.39. The highest BCUT2D eigenvalue weighted by Crippen LogP contribution is 2.27. The average molecular weight is 306 g/mol. The monoisotopic (exact) mass is 304 g/mol. The molecule has 0 aliphatic heterocycles. The Morgan fingerprint density at radius 2 is 2.25 bits per heavy atom. The number of nitrogens with one attached hydrogen (secondary N) is 1.